The van der Waals surface area contributed by atoms with Gasteiger partial charge >= 0.3 is 0 Å². The summed E-state index contributed by atoms with van der Waals surface area (Å²) in [6.45, 7) is 4.10. The fraction of sp³-hybridized carbons (Fsp3) is 0.929. The van der Waals surface area contributed by atoms with Crippen LogP contribution in [-0.2, 0) is 19.0 Å². The second-order valence-electron chi connectivity index (χ2n) is 4.75. The molecule has 0 saturated heterocycles. The van der Waals surface area contributed by atoms with Gasteiger partial charge < -0.3 is 31.0 Å². The summed E-state index contributed by atoms with van der Waals surface area (Å²) in [7, 11) is 1.64. The molecule has 0 bridgehead atoms. The molecule has 0 aromatic heterocycles. The summed E-state index contributed by atoms with van der Waals surface area (Å²) >= 11 is 0. The topological polar surface area (TPSA) is 109 Å². The molecule has 0 saturated carbocycles. The average molecular weight is 305 g/mol. The molecule has 0 radical (unpaired) electrons. The predicted molar refractivity (Wildman–Crippen MR) is 82.0 cm³/mol. The van der Waals surface area contributed by atoms with Gasteiger partial charge in [0.1, 0.15) is 0 Å². The number of ether oxygens (including phenoxy) is 3. The molecule has 0 aromatic carbocycles. The highest BCUT2D eigenvalue weighted by Crippen LogP contribution is 1.97. The van der Waals surface area contributed by atoms with Crippen LogP contribution in [0.25, 0.3) is 0 Å². The van der Waals surface area contributed by atoms with Gasteiger partial charge in [0, 0.05) is 20.3 Å². The highest BCUT2D eigenvalue weighted by atomic mass is 16.5. The Morgan fingerprint density at radius 3 is 2.38 bits per heavy atom. The van der Waals surface area contributed by atoms with E-state index >= 15 is 0 Å². The maximum absolute atomic E-state index is 11.6. The summed E-state index contributed by atoms with van der Waals surface area (Å²) in [6.07, 6.45) is 3.23. The van der Waals surface area contributed by atoms with Crippen LogP contribution in [0.1, 0.15) is 25.7 Å². The van der Waals surface area contributed by atoms with Gasteiger partial charge in [-0.2, -0.15) is 0 Å². The molecule has 0 aliphatic rings. The van der Waals surface area contributed by atoms with E-state index in [0.29, 0.717) is 52.5 Å². The van der Waals surface area contributed by atoms with Gasteiger partial charge in [0.25, 0.3) is 0 Å². The lowest BCUT2D eigenvalue weighted by Gasteiger charge is -2.12. The molecule has 7 heteroatoms. The van der Waals surface area contributed by atoms with Crippen LogP contribution in [0.4, 0.5) is 0 Å². The zero-order chi connectivity index (χ0) is 15.8. The zero-order valence-corrected chi connectivity index (χ0v) is 13.1. The van der Waals surface area contributed by atoms with Crippen molar-refractivity contribution in [2.45, 2.75) is 31.7 Å². The van der Waals surface area contributed by atoms with Crippen LogP contribution in [0, 0.1) is 0 Å². The zero-order valence-electron chi connectivity index (χ0n) is 13.1. The first-order chi connectivity index (χ1) is 10.2. The number of nitrogens with two attached hydrogens (primary N) is 2. The quantitative estimate of drug-likeness (QED) is 0.356. The summed E-state index contributed by atoms with van der Waals surface area (Å²) in [6, 6.07) is -0.438. The molecular formula is C14H31N3O4. The Morgan fingerprint density at radius 2 is 1.71 bits per heavy atom. The molecule has 1 atom stereocenters. The van der Waals surface area contributed by atoms with Gasteiger partial charge in [0.2, 0.25) is 5.91 Å². The van der Waals surface area contributed by atoms with Crippen molar-refractivity contribution in [3.63, 3.8) is 0 Å². The molecule has 1 amide bonds. The highest BCUT2D eigenvalue weighted by molar-refractivity contribution is 5.81. The van der Waals surface area contributed by atoms with Crippen LogP contribution in [0.5, 0.6) is 0 Å². The van der Waals surface area contributed by atoms with E-state index in [-0.39, 0.29) is 5.91 Å². The van der Waals surface area contributed by atoms with E-state index in [9.17, 15) is 4.79 Å². The Labute approximate surface area is 127 Å². The van der Waals surface area contributed by atoms with E-state index in [1.54, 1.807) is 7.11 Å². The third-order valence-corrected chi connectivity index (χ3v) is 2.87. The number of amides is 1. The molecule has 0 spiro atoms. The summed E-state index contributed by atoms with van der Waals surface area (Å²) < 4.78 is 15.5. The van der Waals surface area contributed by atoms with Crippen molar-refractivity contribution in [2.24, 2.45) is 11.5 Å². The lowest BCUT2D eigenvalue weighted by atomic mass is 10.1. The minimum Gasteiger partial charge on any atom is -0.382 e. The number of unbranched alkanes of at least 4 members (excludes halogenated alkanes) is 1. The Balaban J connectivity index is 3.28. The molecule has 126 valence electrons. The first-order valence-corrected chi connectivity index (χ1v) is 7.60. The number of nitrogens with one attached hydrogen (secondary N) is 1. The van der Waals surface area contributed by atoms with Crippen LogP contribution < -0.4 is 16.8 Å². The normalized spacial score (nSPS) is 12.3. The van der Waals surface area contributed by atoms with Crippen molar-refractivity contribution in [3.8, 4) is 0 Å². The van der Waals surface area contributed by atoms with Crippen LogP contribution in [-0.4, -0.2) is 65.2 Å². The monoisotopic (exact) mass is 305 g/mol. The minimum absolute atomic E-state index is 0.102. The minimum atomic E-state index is -0.438. The van der Waals surface area contributed by atoms with Gasteiger partial charge in [-0.25, -0.2) is 0 Å². The summed E-state index contributed by atoms with van der Waals surface area (Å²) in [5, 5.41) is 2.81. The molecule has 0 heterocycles. The van der Waals surface area contributed by atoms with Crippen LogP contribution >= 0.6 is 0 Å². The largest absolute Gasteiger partial charge is 0.382 e. The first kappa shape index (κ1) is 20.3. The maximum atomic E-state index is 11.6. The van der Waals surface area contributed by atoms with Crippen molar-refractivity contribution in [1.82, 2.24) is 5.32 Å². The molecule has 5 N–H and O–H groups in total. The van der Waals surface area contributed by atoms with E-state index in [0.717, 1.165) is 19.3 Å². The number of carbonyl (C=O) groups excluding carboxylic acids is 1. The molecule has 7 nitrogen and oxygen atoms in total. The van der Waals surface area contributed by atoms with E-state index < -0.39 is 6.04 Å². The second-order valence-corrected chi connectivity index (χ2v) is 4.75. The van der Waals surface area contributed by atoms with Gasteiger partial charge in [-0.3, -0.25) is 4.79 Å². The van der Waals surface area contributed by atoms with E-state index in [1.165, 1.54) is 0 Å². The summed E-state index contributed by atoms with van der Waals surface area (Å²) in [4.78, 5) is 11.6. The van der Waals surface area contributed by atoms with Crippen molar-refractivity contribution in [1.29, 1.82) is 0 Å². The molecular weight excluding hydrogens is 274 g/mol. The SMILES string of the molecule is COCCOCCOCCCNC(=O)[C@@H](N)CCCCN. The van der Waals surface area contributed by atoms with Gasteiger partial charge in [-0.05, 0) is 25.8 Å². The van der Waals surface area contributed by atoms with E-state index in [2.05, 4.69) is 5.32 Å². The van der Waals surface area contributed by atoms with E-state index in [4.69, 9.17) is 25.7 Å². The van der Waals surface area contributed by atoms with Crippen molar-refractivity contribution >= 4 is 5.91 Å². The third-order valence-electron chi connectivity index (χ3n) is 2.87. The number of rotatable bonds is 15. The number of hydrogen-bond donors (Lipinski definition) is 3. The maximum Gasteiger partial charge on any atom is 0.236 e. The van der Waals surface area contributed by atoms with Gasteiger partial charge in [-0.15, -0.1) is 0 Å². The lowest BCUT2D eigenvalue weighted by Crippen LogP contribution is -2.41. The second kappa shape index (κ2) is 15.7. The Morgan fingerprint density at radius 1 is 1.05 bits per heavy atom. The number of methoxy groups -OCH3 is 1. The molecule has 0 aliphatic carbocycles. The van der Waals surface area contributed by atoms with Crippen molar-refractivity contribution in [3.05, 3.63) is 0 Å². The van der Waals surface area contributed by atoms with E-state index in [1.807, 2.05) is 0 Å². The lowest BCUT2D eigenvalue weighted by molar-refractivity contribution is -0.122. The standard InChI is InChI=1S/C14H31N3O4/c1-19-9-10-21-12-11-20-8-4-7-17-14(18)13(16)5-2-3-6-15/h13H,2-12,15-16H2,1H3,(H,17,18)/t13-/m0/s1. The first-order valence-electron chi connectivity index (χ1n) is 7.60. The molecule has 0 unspecified atom stereocenters. The molecule has 0 rings (SSSR count). The molecule has 0 fully saturated rings. The Kier molecular flexibility index (Phi) is 15.1. The van der Waals surface area contributed by atoms with Crippen molar-refractivity contribution < 1.29 is 19.0 Å². The Bertz CT molecular complexity index is 242. The smallest absolute Gasteiger partial charge is 0.236 e. The molecule has 0 aliphatic heterocycles. The van der Waals surface area contributed by atoms with Crippen LogP contribution in [0.3, 0.4) is 0 Å². The Hall–Kier alpha value is -0.730. The molecule has 21 heavy (non-hydrogen) atoms. The molecule has 0 aromatic rings. The van der Waals surface area contributed by atoms with Gasteiger partial charge in [0.05, 0.1) is 32.5 Å². The predicted octanol–water partition coefficient (Wildman–Crippen LogP) is -0.371. The third kappa shape index (κ3) is 14.0. The van der Waals surface area contributed by atoms with Crippen LogP contribution in [0.2, 0.25) is 0 Å². The summed E-state index contributed by atoms with van der Waals surface area (Å²) in [5.41, 5.74) is 11.2. The van der Waals surface area contributed by atoms with Gasteiger partial charge in [0.15, 0.2) is 0 Å². The van der Waals surface area contributed by atoms with Gasteiger partial charge in [-0.1, -0.05) is 6.42 Å². The average Bonchev–Trinajstić information content (AvgIpc) is 2.49. The van der Waals surface area contributed by atoms with Crippen molar-refractivity contribution in [2.75, 3.05) is 53.2 Å². The fourth-order valence-corrected chi connectivity index (χ4v) is 1.62. The van der Waals surface area contributed by atoms with Crippen LogP contribution in [0.15, 0.2) is 0 Å². The number of carbonyl (C=O) groups is 1. The number of hydrogen-bond acceptors (Lipinski definition) is 6. The summed E-state index contributed by atoms with van der Waals surface area (Å²) in [5.74, 6) is -0.102. The highest BCUT2D eigenvalue weighted by Gasteiger charge is 2.11. The fourth-order valence-electron chi connectivity index (χ4n) is 1.62.